The van der Waals surface area contributed by atoms with E-state index in [2.05, 4.69) is 5.32 Å². The van der Waals surface area contributed by atoms with Crippen LogP contribution in [0.1, 0.15) is 17.3 Å². The summed E-state index contributed by atoms with van der Waals surface area (Å²) in [6.07, 6.45) is 0. The van der Waals surface area contributed by atoms with Crippen LogP contribution in [-0.2, 0) is 0 Å². The Bertz CT molecular complexity index is 345. The van der Waals surface area contributed by atoms with E-state index in [9.17, 15) is 15.0 Å². The zero-order valence-corrected chi connectivity index (χ0v) is 8.40. The average Bonchev–Trinajstić information content (AvgIpc) is 2.17. The molecular formula is C10H14N2O3. The second-order valence-corrected chi connectivity index (χ2v) is 3.28. The summed E-state index contributed by atoms with van der Waals surface area (Å²) >= 11 is 0. The number of phenolic OH excluding ortho intramolecular Hbond substituents is 2. The monoisotopic (exact) mass is 210 g/mol. The average molecular weight is 210 g/mol. The van der Waals surface area contributed by atoms with Crippen LogP contribution < -0.4 is 11.1 Å². The number of nitrogens with one attached hydrogen (secondary N) is 1. The van der Waals surface area contributed by atoms with Crippen LogP contribution in [0.15, 0.2) is 18.2 Å². The maximum atomic E-state index is 11.6. The fraction of sp³-hybridized carbons (Fsp3) is 0.300. The van der Waals surface area contributed by atoms with Crippen molar-refractivity contribution in [3.05, 3.63) is 23.8 Å². The minimum atomic E-state index is -0.538. The van der Waals surface area contributed by atoms with E-state index in [1.165, 1.54) is 18.2 Å². The zero-order valence-electron chi connectivity index (χ0n) is 8.40. The van der Waals surface area contributed by atoms with Crippen molar-refractivity contribution >= 4 is 5.91 Å². The van der Waals surface area contributed by atoms with E-state index in [0.717, 1.165) is 0 Å². The van der Waals surface area contributed by atoms with Crippen molar-refractivity contribution in [1.82, 2.24) is 5.32 Å². The first-order valence-electron chi connectivity index (χ1n) is 4.58. The van der Waals surface area contributed by atoms with Crippen LogP contribution in [0.4, 0.5) is 0 Å². The lowest BCUT2D eigenvalue weighted by Gasteiger charge is -2.12. The maximum Gasteiger partial charge on any atom is 0.259 e. The van der Waals surface area contributed by atoms with Crippen LogP contribution >= 0.6 is 0 Å². The molecule has 5 heteroatoms. The van der Waals surface area contributed by atoms with Crippen LogP contribution in [0.2, 0.25) is 0 Å². The molecule has 1 aromatic carbocycles. The van der Waals surface area contributed by atoms with Gasteiger partial charge in [0.15, 0.2) is 0 Å². The molecule has 0 fully saturated rings. The lowest BCUT2D eigenvalue weighted by atomic mass is 10.1. The highest BCUT2D eigenvalue weighted by molar-refractivity contribution is 5.99. The molecule has 0 saturated carbocycles. The Labute approximate surface area is 87.5 Å². The minimum absolute atomic E-state index is 0.127. The summed E-state index contributed by atoms with van der Waals surface area (Å²) in [5.74, 6) is -1.04. The van der Waals surface area contributed by atoms with E-state index in [-0.39, 0.29) is 23.1 Å². The van der Waals surface area contributed by atoms with Gasteiger partial charge in [-0.15, -0.1) is 0 Å². The van der Waals surface area contributed by atoms with Crippen molar-refractivity contribution in [1.29, 1.82) is 0 Å². The first kappa shape index (κ1) is 11.3. The Hall–Kier alpha value is -1.75. The highest BCUT2D eigenvalue weighted by atomic mass is 16.3. The quantitative estimate of drug-likeness (QED) is 0.572. The summed E-state index contributed by atoms with van der Waals surface area (Å²) in [6.45, 7) is 2.02. The first-order valence-corrected chi connectivity index (χ1v) is 4.58. The molecule has 5 nitrogen and oxygen atoms in total. The van der Waals surface area contributed by atoms with Crippen LogP contribution in [0.5, 0.6) is 11.5 Å². The van der Waals surface area contributed by atoms with Crippen molar-refractivity contribution in [2.75, 3.05) is 6.54 Å². The second-order valence-electron chi connectivity index (χ2n) is 3.28. The number of hydrogen-bond acceptors (Lipinski definition) is 4. The van der Waals surface area contributed by atoms with E-state index in [0.29, 0.717) is 6.54 Å². The van der Waals surface area contributed by atoms with Gasteiger partial charge in [0.1, 0.15) is 17.1 Å². The van der Waals surface area contributed by atoms with Crippen molar-refractivity contribution in [2.24, 2.45) is 5.73 Å². The molecule has 0 aliphatic heterocycles. The zero-order chi connectivity index (χ0) is 11.4. The fourth-order valence-electron chi connectivity index (χ4n) is 1.12. The summed E-state index contributed by atoms with van der Waals surface area (Å²) in [7, 11) is 0. The van der Waals surface area contributed by atoms with Crippen LogP contribution in [0.25, 0.3) is 0 Å². The number of benzene rings is 1. The van der Waals surface area contributed by atoms with Crippen molar-refractivity contribution in [3.8, 4) is 11.5 Å². The van der Waals surface area contributed by atoms with Gasteiger partial charge in [0.05, 0.1) is 0 Å². The number of aromatic hydroxyl groups is 2. The molecule has 0 heterocycles. The molecule has 82 valence electrons. The Balaban J connectivity index is 2.91. The minimum Gasteiger partial charge on any atom is -0.507 e. The Kier molecular flexibility index (Phi) is 3.51. The number of carbonyl (C=O) groups excluding carboxylic acids is 1. The van der Waals surface area contributed by atoms with Crippen LogP contribution in [-0.4, -0.2) is 28.7 Å². The fourth-order valence-corrected chi connectivity index (χ4v) is 1.12. The third-order valence-electron chi connectivity index (χ3n) is 1.98. The van der Waals surface area contributed by atoms with E-state index >= 15 is 0 Å². The van der Waals surface area contributed by atoms with Gasteiger partial charge in [0, 0.05) is 12.6 Å². The Morgan fingerprint density at radius 1 is 1.47 bits per heavy atom. The van der Waals surface area contributed by atoms with Gasteiger partial charge < -0.3 is 21.3 Å². The highest BCUT2D eigenvalue weighted by Gasteiger charge is 2.16. The Morgan fingerprint density at radius 3 is 2.47 bits per heavy atom. The summed E-state index contributed by atoms with van der Waals surface area (Å²) in [4.78, 5) is 11.6. The van der Waals surface area contributed by atoms with E-state index < -0.39 is 5.91 Å². The molecule has 0 aromatic heterocycles. The molecular weight excluding hydrogens is 196 g/mol. The summed E-state index contributed by atoms with van der Waals surface area (Å²) in [5.41, 5.74) is 5.21. The van der Waals surface area contributed by atoms with Crippen molar-refractivity contribution < 1.29 is 15.0 Å². The molecule has 1 atom stereocenters. The van der Waals surface area contributed by atoms with Crippen molar-refractivity contribution in [2.45, 2.75) is 13.0 Å². The largest absolute Gasteiger partial charge is 0.507 e. The van der Waals surface area contributed by atoms with Crippen LogP contribution in [0.3, 0.4) is 0 Å². The number of phenols is 2. The summed E-state index contributed by atoms with van der Waals surface area (Å²) in [6, 6.07) is 3.91. The molecule has 5 N–H and O–H groups in total. The highest BCUT2D eigenvalue weighted by Crippen LogP contribution is 2.25. The van der Waals surface area contributed by atoms with Gasteiger partial charge in [-0.25, -0.2) is 0 Å². The smallest absolute Gasteiger partial charge is 0.259 e. The molecule has 1 rings (SSSR count). The lowest BCUT2D eigenvalue weighted by Crippen LogP contribution is -2.37. The molecule has 0 aliphatic carbocycles. The van der Waals surface area contributed by atoms with Gasteiger partial charge in [-0.2, -0.15) is 0 Å². The molecule has 0 saturated heterocycles. The normalized spacial score (nSPS) is 12.1. The van der Waals surface area contributed by atoms with E-state index in [1.807, 2.05) is 0 Å². The second kappa shape index (κ2) is 4.65. The predicted molar refractivity (Wildman–Crippen MR) is 55.8 cm³/mol. The Morgan fingerprint density at radius 2 is 2.00 bits per heavy atom. The topological polar surface area (TPSA) is 95.6 Å². The predicted octanol–water partition coefficient (Wildman–Crippen LogP) is 0.175. The van der Waals surface area contributed by atoms with E-state index in [1.54, 1.807) is 6.92 Å². The number of nitrogens with two attached hydrogens (primary N) is 1. The van der Waals surface area contributed by atoms with Gasteiger partial charge in [-0.05, 0) is 19.1 Å². The molecule has 1 aromatic rings. The molecule has 0 radical (unpaired) electrons. The molecule has 0 spiro atoms. The number of carbonyl (C=O) groups is 1. The first-order chi connectivity index (χ1) is 7.06. The van der Waals surface area contributed by atoms with Gasteiger partial charge in [-0.3, -0.25) is 4.79 Å². The molecule has 1 unspecified atom stereocenters. The van der Waals surface area contributed by atoms with Crippen LogP contribution in [0, 0.1) is 0 Å². The van der Waals surface area contributed by atoms with Gasteiger partial charge in [0.2, 0.25) is 0 Å². The van der Waals surface area contributed by atoms with Gasteiger partial charge in [-0.1, -0.05) is 6.07 Å². The summed E-state index contributed by atoms with van der Waals surface area (Å²) < 4.78 is 0. The number of rotatable bonds is 3. The van der Waals surface area contributed by atoms with Gasteiger partial charge >= 0.3 is 0 Å². The third kappa shape index (κ3) is 2.60. The third-order valence-corrected chi connectivity index (χ3v) is 1.98. The number of amides is 1. The number of hydrogen-bond donors (Lipinski definition) is 4. The maximum absolute atomic E-state index is 11.6. The van der Waals surface area contributed by atoms with Gasteiger partial charge in [0.25, 0.3) is 5.91 Å². The molecule has 0 aliphatic rings. The summed E-state index contributed by atoms with van der Waals surface area (Å²) in [5, 5.41) is 21.3. The SMILES string of the molecule is CC(CN)NC(=O)c1c(O)cccc1O. The molecule has 15 heavy (non-hydrogen) atoms. The molecule has 0 bridgehead atoms. The lowest BCUT2D eigenvalue weighted by molar-refractivity contribution is 0.0936. The van der Waals surface area contributed by atoms with E-state index in [4.69, 9.17) is 5.73 Å². The standard InChI is InChI=1S/C10H14N2O3/c1-6(5-11)12-10(15)9-7(13)3-2-4-8(9)14/h2-4,6,13-14H,5,11H2,1H3,(H,12,15). The van der Waals surface area contributed by atoms with Crippen molar-refractivity contribution in [3.63, 3.8) is 0 Å². The molecule has 1 amide bonds.